The van der Waals surface area contributed by atoms with Gasteiger partial charge in [-0.2, -0.15) is 0 Å². The molecule has 0 saturated carbocycles. The second kappa shape index (κ2) is 3.66. The Morgan fingerprint density at radius 1 is 1.24 bits per heavy atom. The highest BCUT2D eigenvalue weighted by Crippen LogP contribution is 2.21. The van der Waals surface area contributed by atoms with E-state index in [2.05, 4.69) is 9.98 Å². The number of benzene rings is 1. The van der Waals surface area contributed by atoms with Gasteiger partial charge < -0.3 is 0 Å². The Kier molecular flexibility index (Phi) is 2.14. The van der Waals surface area contributed by atoms with Crippen LogP contribution in [-0.2, 0) is 0 Å². The molecule has 0 N–H and O–H groups in total. The van der Waals surface area contributed by atoms with E-state index in [0.29, 0.717) is 11.5 Å². The molecule has 17 heavy (non-hydrogen) atoms. The van der Waals surface area contributed by atoms with Crippen LogP contribution in [0.15, 0.2) is 46.3 Å². The zero-order valence-electron chi connectivity index (χ0n) is 9.37. The topological polar surface area (TPSA) is 47.2 Å². The lowest BCUT2D eigenvalue weighted by Crippen LogP contribution is -2.23. The molecule has 2 aromatic rings. The van der Waals surface area contributed by atoms with E-state index in [1.807, 2.05) is 37.3 Å². The Labute approximate surface area is 98.3 Å². The van der Waals surface area contributed by atoms with Crippen LogP contribution in [0.2, 0.25) is 0 Å². The summed E-state index contributed by atoms with van der Waals surface area (Å²) in [6, 6.07) is 9.54. The highest BCUT2D eigenvalue weighted by molar-refractivity contribution is 5.71. The zero-order valence-corrected chi connectivity index (χ0v) is 9.37. The number of hydrogen-bond acceptors (Lipinski definition) is 3. The lowest BCUT2D eigenvalue weighted by atomic mass is 10.1. The van der Waals surface area contributed by atoms with Crippen molar-refractivity contribution in [2.75, 3.05) is 0 Å². The van der Waals surface area contributed by atoms with E-state index in [1.54, 1.807) is 17.0 Å². The fourth-order valence-electron chi connectivity index (χ4n) is 1.98. The van der Waals surface area contributed by atoms with Gasteiger partial charge in [0.2, 0.25) is 5.95 Å². The maximum Gasteiger partial charge on any atom is 0.263 e. The predicted octanol–water partition coefficient (Wildman–Crippen LogP) is 2.19. The third-order valence-electron chi connectivity index (χ3n) is 2.87. The van der Waals surface area contributed by atoms with Crippen LogP contribution in [0.5, 0.6) is 0 Å². The Morgan fingerprint density at radius 3 is 2.76 bits per heavy atom. The minimum Gasteiger partial charge on any atom is -0.268 e. The van der Waals surface area contributed by atoms with Crippen LogP contribution in [0.25, 0.3) is 11.1 Å². The van der Waals surface area contributed by atoms with Crippen LogP contribution in [-0.4, -0.2) is 15.8 Å². The van der Waals surface area contributed by atoms with E-state index < -0.39 is 0 Å². The largest absolute Gasteiger partial charge is 0.268 e. The number of aromatic nitrogens is 2. The molecule has 0 saturated heterocycles. The third kappa shape index (κ3) is 1.49. The van der Waals surface area contributed by atoms with Crippen molar-refractivity contribution in [1.82, 2.24) is 9.55 Å². The SMILES string of the molecule is CC1C=Nc2ncc(-c3ccccc3)c(=O)n21. The predicted molar refractivity (Wildman–Crippen MR) is 66.8 cm³/mol. The average Bonchev–Trinajstić information content (AvgIpc) is 2.73. The summed E-state index contributed by atoms with van der Waals surface area (Å²) >= 11 is 0. The summed E-state index contributed by atoms with van der Waals surface area (Å²) < 4.78 is 1.61. The van der Waals surface area contributed by atoms with E-state index in [0.717, 1.165) is 5.56 Å². The second-order valence-corrected chi connectivity index (χ2v) is 4.03. The van der Waals surface area contributed by atoms with Crippen molar-refractivity contribution in [1.29, 1.82) is 0 Å². The standard InChI is InChI=1S/C13H11N3O/c1-9-7-14-13-15-8-11(12(17)16(9)13)10-5-3-2-4-6-10/h2-9H,1H3. The molecule has 1 unspecified atom stereocenters. The van der Waals surface area contributed by atoms with E-state index in [9.17, 15) is 4.79 Å². The molecule has 1 atom stereocenters. The number of hydrogen-bond donors (Lipinski definition) is 0. The molecule has 0 spiro atoms. The van der Waals surface area contributed by atoms with E-state index in [-0.39, 0.29) is 11.6 Å². The monoisotopic (exact) mass is 225 g/mol. The molecule has 4 nitrogen and oxygen atoms in total. The first-order valence-electron chi connectivity index (χ1n) is 5.48. The first-order valence-corrected chi connectivity index (χ1v) is 5.48. The Bertz CT molecular complexity index is 643. The molecule has 2 heterocycles. The smallest absolute Gasteiger partial charge is 0.263 e. The lowest BCUT2D eigenvalue weighted by molar-refractivity contribution is 0.694. The van der Waals surface area contributed by atoms with Crippen LogP contribution >= 0.6 is 0 Å². The van der Waals surface area contributed by atoms with Gasteiger partial charge in [-0.1, -0.05) is 30.3 Å². The van der Waals surface area contributed by atoms with E-state index in [4.69, 9.17) is 0 Å². The maximum absolute atomic E-state index is 12.3. The zero-order chi connectivity index (χ0) is 11.8. The molecule has 84 valence electrons. The Hall–Kier alpha value is -2.23. The van der Waals surface area contributed by atoms with Crippen LogP contribution in [0.1, 0.15) is 13.0 Å². The molecular weight excluding hydrogens is 214 g/mol. The maximum atomic E-state index is 12.3. The van der Waals surface area contributed by atoms with E-state index in [1.165, 1.54) is 0 Å². The lowest BCUT2D eigenvalue weighted by Gasteiger charge is -2.08. The molecule has 0 aliphatic carbocycles. The van der Waals surface area contributed by atoms with Crippen molar-refractivity contribution in [2.45, 2.75) is 13.0 Å². The van der Waals surface area contributed by atoms with Gasteiger partial charge in [-0.3, -0.25) is 9.36 Å². The highest BCUT2D eigenvalue weighted by atomic mass is 16.1. The fourth-order valence-corrected chi connectivity index (χ4v) is 1.98. The minimum atomic E-state index is -0.0359. The number of rotatable bonds is 1. The van der Waals surface area contributed by atoms with Crippen molar-refractivity contribution in [3.05, 3.63) is 46.9 Å². The summed E-state index contributed by atoms with van der Waals surface area (Å²) in [6.07, 6.45) is 3.33. The summed E-state index contributed by atoms with van der Waals surface area (Å²) in [5.74, 6) is 0.488. The third-order valence-corrected chi connectivity index (χ3v) is 2.87. The number of nitrogens with zero attached hydrogens (tertiary/aromatic N) is 3. The van der Waals surface area contributed by atoms with Crippen molar-refractivity contribution < 1.29 is 0 Å². The molecule has 3 rings (SSSR count). The van der Waals surface area contributed by atoms with E-state index >= 15 is 0 Å². The van der Waals surface area contributed by atoms with Crippen molar-refractivity contribution in [3.63, 3.8) is 0 Å². The Balaban J connectivity index is 2.23. The van der Waals surface area contributed by atoms with Gasteiger partial charge in [0.25, 0.3) is 5.56 Å². The molecule has 0 fully saturated rings. The van der Waals surface area contributed by atoms with Crippen molar-refractivity contribution >= 4 is 12.2 Å². The summed E-state index contributed by atoms with van der Waals surface area (Å²) in [5, 5.41) is 0. The van der Waals surface area contributed by atoms with Crippen molar-refractivity contribution in [2.24, 2.45) is 4.99 Å². The molecule has 1 aliphatic rings. The van der Waals surface area contributed by atoms with Gasteiger partial charge in [0, 0.05) is 12.4 Å². The molecule has 1 aliphatic heterocycles. The van der Waals surface area contributed by atoms with Gasteiger partial charge in [-0.05, 0) is 12.5 Å². The number of fused-ring (bicyclic) bond motifs is 1. The van der Waals surface area contributed by atoms with Crippen LogP contribution in [0.3, 0.4) is 0 Å². The average molecular weight is 225 g/mol. The van der Waals surface area contributed by atoms with Gasteiger partial charge in [0.05, 0.1) is 11.6 Å². The van der Waals surface area contributed by atoms with Gasteiger partial charge in [0.1, 0.15) is 0 Å². The molecule has 0 bridgehead atoms. The van der Waals surface area contributed by atoms with Gasteiger partial charge >= 0.3 is 0 Å². The van der Waals surface area contributed by atoms with Crippen molar-refractivity contribution in [3.8, 4) is 11.1 Å². The summed E-state index contributed by atoms with van der Waals surface area (Å²) in [5.41, 5.74) is 1.47. The first-order chi connectivity index (χ1) is 8.27. The van der Waals surface area contributed by atoms with Gasteiger partial charge in [0.15, 0.2) is 0 Å². The van der Waals surface area contributed by atoms with Gasteiger partial charge in [-0.15, -0.1) is 0 Å². The fraction of sp³-hybridized carbons (Fsp3) is 0.154. The minimum absolute atomic E-state index is 0.0198. The normalized spacial score (nSPS) is 17.1. The Morgan fingerprint density at radius 2 is 2.00 bits per heavy atom. The van der Waals surface area contributed by atoms with Crippen LogP contribution in [0.4, 0.5) is 5.95 Å². The molecule has 1 aromatic heterocycles. The second-order valence-electron chi connectivity index (χ2n) is 4.03. The highest BCUT2D eigenvalue weighted by Gasteiger charge is 2.18. The van der Waals surface area contributed by atoms with Gasteiger partial charge in [-0.25, -0.2) is 9.98 Å². The molecule has 1 aromatic carbocycles. The quantitative estimate of drug-likeness (QED) is 0.746. The summed E-state index contributed by atoms with van der Waals surface area (Å²) in [6.45, 7) is 1.93. The summed E-state index contributed by atoms with van der Waals surface area (Å²) in [7, 11) is 0. The molecule has 0 radical (unpaired) electrons. The first kappa shape index (κ1) is 9.96. The van der Waals surface area contributed by atoms with Crippen LogP contribution in [0, 0.1) is 0 Å². The van der Waals surface area contributed by atoms with Crippen LogP contribution < -0.4 is 5.56 Å². The number of aliphatic imine (C=N–C) groups is 1. The molecular formula is C13H11N3O. The summed E-state index contributed by atoms with van der Waals surface area (Å²) in [4.78, 5) is 20.6. The molecule has 0 amide bonds. The molecule has 4 heteroatoms.